The molecule has 228 valence electrons. The molecule has 0 aromatic heterocycles. The molecule has 1 fully saturated rings. The first-order valence-electron chi connectivity index (χ1n) is 16.0. The highest BCUT2D eigenvalue weighted by atomic mass is 35.5. The first-order valence-corrected chi connectivity index (χ1v) is 16.8. The molecule has 0 saturated carbocycles. The van der Waals surface area contributed by atoms with Gasteiger partial charge in [0, 0.05) is 41.8 Å². The number of benzene rings is 3. The number of nitrogens with one attached hydrogen (secondary N) is 1. The highest BCUT2D eigenvalue weighted by Gasteiger charge is 2.36. The van der Waals surface area contributed by atoms with E-state index >= 15 is 0 Å². The van der Waals surface area contributed by atoms with Crippen LogP contribution < -0.4 is 5.32 Å². The third-order valence-electron chi connectivity index (χ3n) is 8.56. The predicted molar refractivity (Wildman–Crippen MR) is 175 cm³/mol. The van der Waals surface area contributed by atoms with Crippen molar-refractivity contribution in [3.63, 3.8) is 0 Å². The maximum absolute atomic E-state index is 13.9. The SMILES string of the molecule is CCCCNCCC[C@H]1CN(C(=O)Cc2ccc3ccccc3c2)[C@H](CC(C)C)CN1CCCc1ccc(Cl)cc1[ClH+]. The van der Waals surface area contributed by atoms with Gasteiger partial charge in [-0.1, -0.05) is 87.3 Å². The molecule has 2 atom stereocenters. The van der Waals surface area contributed by atoms with Crippen LogP contribution in [0.25, 0.3) is 10.8 Å². The lowest BCUT2D eigenvalue weighted by Crippen LogP contribution is -2.60. The van der Waals surface area contributed by atoms with Gasteiger partial charge in [0.1, 0.15) is 0 Å². The first kappa shape index (κ1) is 32.8. The van der Waals surface area contributed by atoms with Crippen LogP contribution in [-0.4, -0.2) is 60.5 Å². The Hall–Kier alpha value is -2.11. The molecule has 42 heavy (non-hydrogen) atoms. The van der Waals surface area contributed by atoms with E-state index in [-0.39, 0.29) is 11.9 Å². The number of fused-ring (bicyclic) bond motifs is 1. The number of nitrogens with zero attached hydrogens (tertiary/aromatic N) is 2. The van der Waals surface area contributed by atoms with Crippen LogP contribution >= 0.6 is 11.6 Å². The van der Waals surface area contributed by atoms with Crippen LogP contribution in [0, 0.1) is 17.5 Å². The maximum atomic E-state index is 13.9. The van der Waals surface area contributed by atoms with Gasteiger partial charge >= 0.3 is 0 Å². The molecule has 1 amide bonds. The molecule has 3 aromatic carbocycles. The number of rotatable bonds is 15. The Morgan fingerprint density at radius 3 is 2.52 bits per heavy atom. The largest absolute Gasteiger partial charge is 0.337 e. The van der Waals surface area contributed by atoms with Gasteiger partial charge in [-0.2, -0.15) is 0 Å². The highest BCUT2D eigenvalue weighted by molar-refractivity contribution is 6.30. The van der Waals surface area contributed by atoms with Crippen LogP contribution in [0.15, 0.2) is 60.7 Å². The van der Waals surface area contributed by atoms with Crippen molar-refractivity contribution in [1.29, 1.82) is 0 Å². The van der Waals surface area contributed by atoms with Gasteiger partial charge in [-0.05, 0) is 86.5 Å². The number of aryl methyl sites for hydroxylation is 1. The Bertz CT molecular complexity index is 1280. The lowest BCUT2D eigenvalue weighted by molar-refractivity contribution is -0.290. The van der Waals surface area contributed by atoms with Crippen LogP contribution in [-0.2, 0) is 17.6 Å². The van der Waals surface area contributed by atoms with Crippen LogP contribution in [0.4, 0.5) is 0 Å². The molecular weight excluding hydrogens is 561 g/mol. The van der Waals surface area contributed by atoms with Crippen molar-refractivity contribution in [1.82, 2.24) is 15.1 Å². The van der Waals surface area contributed by atoms with Crippen LogP contribution in [0.3, 0.4) is 0 Å². The van der Waals surface area contributed by atoms with Crippen LogP contribution in [0.5, 0.6) is 0 Å². The van der Waals surface area contributed by atoms with Gasteiger partial charge in [0.05, 0.1) is 6.42 Å². The van der Waals surface area contributed by atoms with Gasteiger partial charge in [-0.3, -0.25) is 9.69 Å². The summed E-state index contributed by atoms with van der Waals surface area (Å²) in [5.74, 6) is 0.794. The van der Waals surface area contributed by atoms with E-state index in [1.54, 1.807) is 0 Å². The molecule has 1 aliphatic heterocycles. The van der Waals surface area contributed by atoms with E-state index in [4.69, 9.17) is 23.2 Å². The number of carbonyl (C=O) groups excluding carboxylic acids is 1. The van der Waals surface area contributed by atoms with Crippen molar-refractivity contribution in [2.24, 2.45) is 5.92 Å². The minimum absolute atomic E-state index is 0.238. The zero-order chi connectivity index (χ0) is 29.9. The average Bonchev–Trinajstić information content (AvgIpc) is 2.96. The minimum atomic E-state index is 0.238. The lowest BCUT2D eigenvalue weighted by Gasteiger charge is -2.47. The zero-order valence-corrected chi connectivity index (χ0v) is 27.4. The van der Waals surface area contributed by atoms with E-state index < -0.39 is 0 Å². The van der Waals surface area contributed by atoms with Gasteiger partial charge in [0.15, 0.2) is 11.6 Å². The standard InChI is InChI=1S/C36H50Cl2N3O/c1-4-5-18-39-19-8-13-33-26-41(36(42)23-28-14-15-29-10-6-7-11-31(29)22-28)34(21-27(2)3)25-40(33)20-9-12-30-16-17-32(37)24-35(30)38/h6-7,10-11,14-17,22,24,27,33-34,38-39H,4-5,8-9,12-13,18-21,23,25-26H2,1-3H3/q+1/t33-,34+/m0/s1. The molecule has 3 aromatic rings. The quantitative estimate of drug-likeness (QED) is 0.181. The maximum Gasteiger partial charge on any atom is 0.230 e. The van der Waals surface area contributed by atoms with Crippen molar-refractivity contribution >= 4 is 28.3 Å². The Morgan fingerprint density at radius 2 is 1.76 bits per heavy atom. The van der Waals surface area contributed by atoms with Gasteiger partial charge in [0.2, 0.25) is 10.9 Å². The molecule has 1 saturated heterocycles. The van der Waals surface area contributed by atoms with Crippen molar-refractivity contribution in [3.8, 4) is 0 Å². The average molecular weight is 612 g/mol. The van der Waals surface area contributed by atoms with Gasteiger partial charge in [-0.15, -0.1) is 0 Å². The number of carbonyl (C=O) groups is 1. The Morgan fingerprint density at radius 1 is 0.976 bits per heavy atom. The summed E-state index contributed by atoms with van der Waals surface area (Å²) in [7, 11) is 0. The zero-order valence-electron chi connectivity index (χ0n) is 25.8. The van der Waals surface area contributed by atoms with E-state index in [2.05, 4.69) is 84.4 Å². The summed E-state index contributed by atoms with van der Waals surface area (Å²) in [6.07, 6.45) is 8.16. The molecule has 1 N–H and O–H groups in total. The smallest absolute Gasteiger partial charge is 0.230 e. The molecule has 0 spiro atoms. The number of hydrogen-bond acceptors (Lipinski definition) is 3. The summed E-state index contributed by atoms with van der Waals surface area (Å²) in [6, 6.07) is 21.4. The Kier molecular flexibility index (Phi) is 13.0. The molecule has 0 bridgehead atoms. The third kappa shape index (κ3) is 9.71. The van der Waals surface area contributed by atoms with Crippen molar-refractivity contribution < 1.29 is 16.4 Å². The lowest BCUT2D eigenvalue weighted by atomic mass is 9.94. The fourth-order valence-electron chi connectivity index (χ4n) is 6.33. The number of halogens is 2. The number of amides is 1. The Labute approximate surface area is 263 Å². The summed E-state index contributed by atoms with van der Waals surface area (Å²) in [5, 5.41) is 7.59. The summed E-state index contributed by atoms with van der Waals surface area (Å²) in [5.41, 5.74) is 2.30. The monoisotopic (exact) mass is 610 g/mol. The molecule has 0 unspecified atom stereocenters. The molecule has 4 nitrogen and oxygen atoms in total. The van der Waals surface area contributed by atoms with E-state index in [0.29, 0.717) is 23.4 Å². The van der Waals surface area contributed by atoms with E-state index in [0.717, 1.165) is 75.4 Å². The minimum Gasteiger partial charge on any atom is -0.337 e. The topological polar surface area (TPSA) is 35.6 Å². The van der Waals surface area contributed by atoms with E-state index in [9.17, 15) is 4.79 Å². The molecule has 0 radical (unpaired) electrons. The second-order valence-corrected chi connectivity index (χ2v) is 13.3. The molecule has 6 heteroatoms. The first-order chi connectivity index (χ1) is 20.3. The number of hydrogen-bond donors (Lipinski definition) is 1. The predicted octanol–water partition coefficient (Wildman–Crippen LogP) is 7.46. The van der Waals surface area contributed by atoms with Gasteiger partial charge in [0.25, 0.3) is 0 Å². The van der Waals surface area contributed by atoms with Crippen molar-refractivity contribution in [3.05, 3.63) is 81.8 Å². The van der Waals surface area contributed by atoms with Crippen LogP contribution in [0.1, 0.15) is 70.4 Å². The van der Waals surface area contributed by atoms with Crippen molar-refractivity contribution in [2.75, 3.05) is 32.7 Å². The molecule has 1 heterocycles. The normalized spacial score (nSPS) is 17.8. The second kappa shape index (κ2) is 16.7. The van der Waals surface area contributed by atoms with Gasteiger partial charge in [-0.25, -0.2) is 0 Å². The van der Waals surface area contributed by atoms with E-state index in [1.807, 2.05) is 12.1 Å². The highest BCUT2D eigenvalue weighted by Crippen LogP contribution is 2.26. The van der Waals surface area contributed by atoms with E-state index in [1.165, 1.54) is 29.2 Å². The summed E-state index contributed by atoms with van der Waals surface area (Å²) in [4.78, 5) is 18.8. The third-order valence-corrected chi connectivity index (χ3v) is 9.18. The summed E-state index contributed by atoms with van der Waals surface area (Å²) >= 11 is 11.7. The number of piperazine rings is 1. The molecule has 1 aliphatic rings. The molecule has 4 rings (SSSR count). The number of unbranched alkanes of at least 4 members (excludes halogenated alkanes) is 1. The summed E-state index contributed by atoms with van der Waals surface area (Å²) < 4.78 is 0. The molecular formula is C36H50Cl2N3O+. The van der Waals surface area contributed by atoms with Crippen molar-refractivity contribution in [2.45, 2.75) is 84.2 Å². The fraction of sp³-hybridized carbons (Fsp3) is 0.528. The fourth-order valence-corrected chi connectivity index (χ4v) is 6.86. The van der Waals surface area contributed by atoms with Crippen LogP contribution in [0.2, 0.25) is 10.0 Å². The van der Waals surface area contributed by atoms with Gasteiger partial charge < -0.3 is 10.2 Å². The second-order valence-electron chi connectivity index (χ2n) is 12.4. The molecule has 0 aliphatic carbocycles. The summed E-state index contributed by atoms with van der Waals surface area (Å²) in [6.45, 7) is 11.7. The Balaban J connectivity index is 1.46.